The van der Waals surface area contributed by atoms with Gasteiger partial charge in [0.25, 0.3) is 0 Å². The highest BCUT2D eigenvalue weighted by atomic mass is 28.1. The molecule has 0 atom stereocenters. The van der Waals surface area contributed by atoms with Gasteiger partial charge in [-0.2, -0.15) is 0 Å². The standard InChI is InChI=1S/C15H13N.H4Si/c1-10-7-8-15-13(11(10)2)9-12-5-3-4-6-14(12)16-15;/h3-9H,1-2H3;1H4. The fraction of sp³-hybridized carbons (Fsp3) is 0.133. The topological polar surface area (TPSA) is 12.9 Å². The van der Waals surface area contributed by atoms with Crippen molar-refractivity contribution in [3.63, 3.8) is 0 Å². The minimum atomic E-state index is 0. The molecule has 17 heavy (non-hydrogen) atoms. The molecule has 0 fully saturated rings. The summed E-state index contributed by atoms with van der Waals surface area (Å²) >= 11 is 0. The molecule has 2 heteroatoms. The second-order valence-corrected chi connectivity index (χ2v) is 4.26. The van der Waals surface area contributed by atoms with Crippen molar-refractivity contribution in [1.82, 2.24) is 4.98 Å². The summed E-state index contributed by atoms with van der Waals surface area (Å²) in [5.74, 6) is 0. The second-order valence-electron chi connectivity index (χ2n) is 4.26. The zero-order valence-electron chi connectivity index (χ0n) is 9.49. The summed E-state index contributed by atoms with van der Waals surface area (Å²) in [6.07, 6.45) is 0. The maximum absolute atomic E-state index is 4.68. The van der Waals surface area contributed by atoms with E-state index in [1.165, 1.54) is 21.9 Å². The Morgan fingerprint density at radius 3 is 2.47 bits per heavy atom. The molecule has 0 aliphatic carbocycles. The molecule has 0 saturated heterocycles. The number of pyridine rings is 1. The van der Waals surface area contributed by atoms with Crippen LogP contribution in [0.15, 0.2) is 42.5 Å². The Morgan fingerprint density at radius 2 is 1.65 bits per heavy atom. The maximum atomic E-state index is 4.68. The molecule has 0 bridgehead atoms. The molecular weight excluding hydrogens is 222 g/mol. The molecule has 0 radical (unpaired) electrons. The smallest absolute Gasteiger partial charge is 0.0712 e. The first-order valence-electron chi connectivity index (χ1n) is 5.51. The summed E-state index contributed by atoms with van der Waals surface area (Å²) in [6, 6.07) is 14.7. The van der Waals surface area contributed by atoms with Crippen molar-refractivity contribution in [1.29, 1.82) is 0 Å². The van der Waals surface area contributed by atoms with Crippen LogP contribution in [0.1, 0.15) is 11.1 Å². The van der Waals surface area contributed by atoms with E-state index in [4.69, 9.17) is 0 Å². The summed E-state index contributed by atoms with van der Waals surface area (Å²) in [5.41, 5.74) is 4.81. The van der Waals surface area contributed by atoms with Crippen LogP contribution in [0.3, 0.4) is 0 Å². The van der Waals surface area contributed by atoms with Crippen LogP contribution in [-0.2, 0) is 0 Å². The van der Waals surface area contributed by atoms with E-state index >= 15 is 0 Å². The fourth-order valence-electron chi connectivity index (χ4n) is 2.10. The summed E-state index contributed by atoms with van der Waals surface area (Å²) < 4.78 is 0. The first kappa shape index (κ1) is 11.8. The number of aromatic nitrogens is 1. The Morgan fingerprint density at radius 1 is 0.882 bits per heavy atom. The molecule has 0 saturated carbocycles. The van der Waals surface area contributed by atoms with Gasteiger partial charge in [-0.05, 0) is 54.1 Å². The first-order valence-corrected chi connectivity index (χ1v) is 5.51. The van der Waals surface area contributed by atoms with Crippen LogP contribution < -0.4 is 0 Å². The molecule has 3 aromatic rings. The van der Waals surface area contributed by atoms with Crippen LogP contribution in [0.5, 0.6) is 0 Å². The van der Waals surface area contributed by atoms with Gasteiger partial charge in [0.05, 0.1) is 11.0 Å². The van der Waals surface area contributed by atoms with Gasteiger partial charge in [0.15, 0.2) is 0 Å². The van der Waals surface area contributed by atoms with Gasteiger partial charge < -0.3 is 0 Å². The lowest BCUT2D eigenvalue weighted by Gasteiger charge is -2.06. The zero-order valence-corrected chi connectivity index (χ0v) is 9.49. The van der Waals surface area contributed by atoms with E-state index in [0.29, 0.717) is 0 Å². The van der Waals surface area contributed by atoms with Crippen LogP contribution in [0.25, 0.3) is 21.8 Å². The van der Waals surface area contributed by atoms with E-state index in [0.717, 1.165) is 11.0 Å². The Labute approximate surface area is 106 Å². The van der Waals surface area contributed by atoms with Gasteiger partial charge in [-0.3, -0.25) is 0 Å². The molecule has 3 rings (SSSR count). The quantitative estimate of drug-likeness (QED) is 0.434. The minimum Gasteiger partial charge on any atom is -0.248 e. The average molecular weight is 239 g/mol. The third-order valence-corrected chi connectivity index (χ3v) is 3.24. The van der Waals surface area contributed by atoms with Gasteiger partial charge in [-0.25, -0.2) is 4.98 Å². The van der Waals surface area contributed by atoms with E-state index in [9.17, 15) is 0 Å². The molecule has 1 aromatic heterocycles. The molecular formula is C15H17NSi. The predicted molar refractivity (Wildman–Crippen MR) is 80.1 cm³/mol. The molecule has 0 spiro atoms. The van der Waals surface area contributed by atoms with E-state index in [1.54, 1.807) is 0 Å². The summed E-state index contributed by atoms with van der Waals surface area (Å²) in [7, 11) is 0. The predicted octanol–water partition coefficient (Wildman–Crippen LogP) is 2.55. The Bertz CT molecular complexity index is 689. The van der Waals surface area contributed by atoms with Gasteiger partial charge in [-0.1, -0.05) is 24.3 Å². The Kier molecular flexibility index (Phi) is 2.98. The lowest BCUT2D eigenvalue weighted by atomic mass is 10.0. The van der Waals surface area contributed by atoms with E-state index < -0.39 is 0 Å². The second kappa shape index (κ2) is 4.30. The third-order valence-electron chi connectivity index (χ3n) is 3.24. The Balaban J connectivity index is 0.00000108. The van der Waals surface area contributed by atoms with Gasteiger partial charge >= 0.3 is 0 Å². The molecule has 0 amide bonds. The summed E-state index contributed by atoms with van der Waals surface area (Å²) in [4.78, 5) is 4.68. The van der Waals surface area contributed by atoms with Gasteiger partial charge in [-0.15, -0.1) is 0 Å². The third kappa shape index (κ3) is 1.85. The largest absolute Gasteiger partial charge is 0.248 e. The van der Waals surface area contributed by atoms with Gasteiger partial charge in [0.2, 0.25) is 0 Å². The van der Waals surface area contributed by atoms with Crippen molar-refractivity contribution in [3.05, 3.63) is 53.6 Å². The van der Waals surface area contributed by atoms with Crippen molar-refractivity contribution >= 4 is 32.8 Å². The number of fused-ring (bicyclic) bond motifs is 2. The van der Waals surface area contributed by atoms with Crippen molar-refractivity contribution in [2.45, 2.75) is 13.8 Å². The molecule has 0 unspecified atom stereocenters. The molecule has 0 aliphatic rings. The number of nitrogens with zero attached hydrogens (tertiary/aromatic N) is 1. The van der Waals surface area contributed by atoms with Crippen molar-refractivity contribution in [3.8, 4) is 0 Å². The average Bonchev–Trinajstić information content (AvgIpc) is 2.32. The number of benzene rings is 2. The SMILES string of the molecule is Cc1ccc2nc3ccccc3cc2c1C.[SiH4]. The molecule has 1 heterocycles. The van der Waals surface area contributed by atoms with Crippen LogP contribution in [0.2, 0.25) is 0 Å². The van der Waals surface area contributed by atoms with E-state index in [1.807, 2.05) is 6.07 Å². The van der Waals surface area contributed by atoms with Crippen LogP contribution in [0.4, 0.5) is 0 Å². The minimum absolute atomic E-state index is 0. The number of hydrogen-bond donors (Lipinski definition) is 0. The number of para-hydroxylation sites is 1. The zero-order chi connectivity index (χ0) is 11.1. The van der Waals surface area contributed by atoms with Crippen molar-refractivity contribution in [2.75, 3.05) is 0 Å². The number of hydrogen-bond acceptors (Lipinski definition) is 1. The summed E-state index contributed by atoms with van der Waals surface area (Å²) in [6.45, 7) is 4.30. The lowest BCUT2D eigenvalue weighted by Crippen LogP contribution is -1.87. The monoisotopic (exact) mass is 239 g/mol. The summed E-state index contributed by atoms with van der Waals surface area (Å²) in [5, 5.41) is 2.47. The lowest BCUT2D eigenvalue weighted by molar-refractivity contribution is 1.36. The highest BCUT2D eigenvalue weighted by molar-refractivity contribution is 5.94. The molecule has 0 aliphatic heterocycles. The first-order chi connectivity index (χ1) is 7.75. The highest BCUT2D eigenvalue weighted by Crippen LogP contribution is 2.24. The van der Waals surface area contributed by atoms with Gasteiger partial charge in [0, 0.05) is 10.8 Å². The van der Waals surface area contributed by atoms with Crippen LogP contribution in [0, 0.1) is 13.8 Å². The van der Waals surface area contributed by atoms with Crippen molar-refractivity contribution < 1.29 is 0 Å². The van der Waals surface area contributed by atoms with Crippen molar-refractivity contribution in [2.24, 2.45) is 0 Å². The maximum Gasteiger partial charge on any atom is 0.0712 e. The molecule has 1 nitrogen and oxygen atoms in total. The number of rotatable bonds is 0. The highest BCUT2D eigenvalue weighted by Gasteiger charge is 2.03. The molecule has 0 N–H and O–H groups in total. The molecule has 86 valence electrons. The van der Waals surface area contributed by atoms with E-state index in [-0.39, 0.29) is 11.0 Å². The Hall–Kier alpha value is -1.67. The van der Waals surface area contributed by atoms with Crippen LogP contribution >= 0.6 is 0 Å². The van der Waals surface area contributed by atoms with E-state index in [2.05, 4.69) is 55.2 Å². The molecule has 2 aromatic carbocycles. The van der Waals surface area contributed by atoms with Gasteiger partial charge in [0.1, 0.15) is 0 Å². The fourth-order valence-corrected chi connectivity index (χ4v) is 2.10. The normalized spacial score (nSPS) is 10.5. The van der Waals surface area contributed by atoms with Crippen LogP contribution in [-0.4, -0.2) is 15.9 Å². The number of aryl methyl sites for hydroxylation is 2.